The van der Waals surface area contributed by atoms with E-state index in [1.165, 1.54) is 5.56 Å². The minimum atomic E-state index is -3.39. The Balaban J connectivity index is 2.75. The van der Waals surface area contributed by atoms with E-state index < -0.39 is 20.4 Å². The molecule has 1 aromatic rings. The predicted molar refractivity (Wildman–Crippen MR) is 88.8 cm³/mol. The van der Waals surface area contributed by atoms with Crippen molar-refractivity contribution in [3.63, 3.8) is 0 Å². The molecule has 3 nitrogen and oxygen atoms in total. The highest BCUT2D eigenvalue weighted by Crippen LogP contribution is 2.46. The van der Waals surface area contributed by atoms with Gasteiger partial charge in [-0.1, -0.05) is 45.0 Å². The number of rotatable bonds is 7. The molecule has 0 aliphatic rings. The molecule has 1 aromatic carbocycles. The average molecular weight is 319 g/mol. The van der Waals surface area contributed by atoms with E-state index in [0.717, 1.165) is 5.56 Å². The minimum absolute atomic E-state index is 0.0930. The van der Waals surface area contributed by atoms with Gasteiger partial charge in [0, 0.05) is 5.75 Å². The highest BCUT2D eigenvalue weighted by molar-refractivity contribution is 8.31. The van der Waals surface area contributed by atoms with E-state index >= 15 is 0 Å². The van der Waals surface area contributed by atoms with Crippen LogP contribution < -0.4 is 0 Å². The molecule has 0 fully saturated rings. The zero-order valence-electron chi connectivity index (χ0n) is 13.0. The summed E-state index contributed by atoms with van der Waals surface area (Å²) in [4.78, 5) is 0. The van der Waals surface area contributed by atoms with E-state index in [4.69, 9.17) is 3.63 Å². The summed E-state index contributed by atoms with van der Waals surface area (Å²) in [6, 6.07) is 8.35. The fourth-order valence-electron chi connectivity index (χ4n) is 1.99. The molecule has 116 valence electrons. The molecule has 0 aromatic heterocycles. The van der Waals surface area contributed by atoms with Gasteiger partial charge in [0.15, 0.2) is 0 Å². The van der Waals surface area contributed by atoms with Crippen molar-refractivity contribution < 1.29 is 12.0 Å². The summed E-state index contributed by atoms with van der Waals surface area (Å²) < 4.78 is 29.0. The first kappa shape index (κ1) is 17.5. The SMILES string of the molecule is CCCS(=O)(=O)OS(C)(C)Cc1ccc(C(C)C)cc1. The molecule has 20 heavy (non-hydrogen) atoms. The van der Waals surface area contributed by atoms with Crippen LogP contribution in [-0.2, 0) is 19.5 Å². The van der Waals surface area contributed by atoms with Crippen molar-refractivity contribution in [2.24, 2.45) is 0 Å². The van der Waals surface area contributed by atoms with Crippen molar-refractivity contribution >= 4 is 20.4 Å². The van der Waals surface area contributed by atoms with Gasteiger partial charge in [-0.25, -0.2) is 3.63 Å². The molecule has 0 bridgehead atoms. The van der Waals surface area contributed by atoms with Crippen molar-refractivity contribution in [1.82, 2.24) is 0 Å². The molecule has 0 N–H and O–H groups in total. The van der Waals surface area contributed by atoms with E-state index in [1.54, 1.807) is 0 Å². The van der Waals surface area contributed by atoms with Gasteiger partial charge >= 0.3 is 0 Å². The molecule has 0 saturated heterocycles. The standard InChI is InChI=1S/C15H26O3S2/c1-6-11-20(16,17)18-19(4,5)12-14-7-9-15(10-8-14)13(2)3/h7-10,13H,6,11-12H2,1-5H3. The van der Waals surface area contributed by atoms with Gasteiger partial charge in [-0.2, -0.15) is 8.42 Å². The first-order chi connectivity index (χ1) is 9.15. The Morgan fingerprint density at radius 3 is 2.10 bits per heavy atom. The highest BCUT2D eigenvalue weighted by Gasteiger charge is 2.22. The minimum Gasteiger partial charge on any atom is -0.220 e. The van der Waals surface area contributed by atoms with Gasteiger partial charge in [0.05, 0.1) is 5.75 Å². The van der Waals surface area contributed by atoms with Crippen molar-refractivity contribution in [2.75, 3.05) is 18.3 Å². The van der Waals surface area contributed by atoms with Crippen LogP contribution in [0.15, 0.2) is 24.3 Å². The summed E-state index contributed by atoms with van der Waals surface area (Å²) in [5.74, 6) is 1.26. The summed E-state index contributed by atoms with van der Waals surface area (Å²) in [6.45, 7) is 6.16. The third-order valence-electron chi connectivity index (χ3n) is 2.90. The van der Waals surface area contributed by atoms with Crippen LogP contribution in [0.3, 0.4) is 0 Å². The Labute approximate surface area is 125 Å². The smallest absolute Gasteiger partial charge is 0.220 e. The van der Waals surface area contributed by atoms with E-state index in [9.17, 15) is 8.42 Å². The molecule has 0 heterocycles. The topological polar surface area (TPSA) is 43.4 Å². The molecule has 0 amide bonds. The van der Waals surface area contributed by atoms with Crippen LogP contribution in [0.5, 0.6) is 0 Å². The Kier molecular flexibility index (Phi) is 6.10. The van der Waals surface area contributed by atoms with Crippen LogP contribution in [-0.4, -0.2) is 26.7 Å². The maximum atomic E-state index is 11.8. The molecule has 0 aliphatic carbocycles. The molecular weight excluding hydrogens is 292 g/mol. The van der Waals surface area contributed by atoms with Gasteiger partial charge in [-0.05, 0) is 36.0 Å². The second-order valence-electron chi connectivity index (χ2n) is 5.81. The van der Waals surface area contributed by atoms with Gasteiger partial charge < -0.3 is 0 Å². The van der Waals surface area contributed by atoms with Crippen molar-refractivity contribution in [3.8, 4) is 0 Å². The average Bonchev–Trinajstić information content (AvgIpc) is 2.26. The van der Waals surface area contributed by atoms with Crippen molar-refractivity contribution in [2.45, 2.75) is 38.9 Å². The third kappa shape index (κ3) is 5.85. The lowest BCUT2D eigenvalue weighted by molar-refractivity contribution is 0.510. The lowest BCUT2D eigenvalue weighted by Gasteiger charge is -2.30. The van der Waals surface area contributed by atoms with Crippen LogP contribution >= 0.6 is 10.3 Å². The largest absolute Gasteiger partial charge is 0.276 e. The molecule has 0 aliphatic heterocycles. The zero-order valence-corrected chi connectivity index (χ0v) is 14.7. The van der Waals surface area contributed by atoms with Gasteiger partial charge in [-0.3, -0.25) is 0 Å². The first-order valence-corrected chi connectivity index (χ1v) is 11.0. The molecular formula is C15H26O3S2. The summed E-state index contributed by atoms with van der Waals surface area (Å²) in [6.07, 6.45) is 4.38. The Hall–Kier alpha value is -0.520. The second-order valence-corrected chi connectivity index (χ2v) is 11.0. The zero-order chi connectivity index (χ0) is 15.4. The summed E-state index contributed by atoms with van der Waals surface area (Å²) in [5, 5.41) is 0. The molecule has 1 rings (SSSR count). The van der Waals surface area contributed by atoms with Crippen LogP contribution in [0.1, 0.15) is 44.2 Å². The van der Waals surface area contributed by atoms with Gasteiger partial charge in [-0.15, -0.1) is 10.3 Å². The van der Waals surface area contributed by atoms with E-state index in [1.807, 2.05) is 19.4 Å². The lowest BCUT2D eigenvalue weighted by Crippen LogP contribution is -2.14. The summed E-state index contributed by atoms with van der Waals surface area (Å²) >= 11 is 0. The highest BCUT2D eigenvalue weighted by atomic mass is 32.3. The van der Waals surface area contributed by atoms with Crippen LogP contribution in [0, 0.1) is 0 Å². The van der Waals surface area contributed by atoms with E-state index in [-0.39, 0.29) is 5.75 Å². The molecule has 0 saturated carbocycles. The molecule has 0 spiro atoms. The normalized spacial score (nSPS) is 13.7. The lowest BCUT2D eigenvalue weighted by atomic mass is 10.0. The maximum absolute atomic E-state index is 11.8. The van der Waals surface area contributed by atoms with E-state index in [0.29, 0.717) is 18.1 Å². The molecule has 0 radical (unpaired) electrons. The second kappa shape index (κ2) is 6.96. The van der Waals surface area contributed by atoms with E-state index in [2.05, 4.69) is 38.1 Å². The number of benzene rings is 1. The van der Waals surface area contributed by atoms with Gasteiger partial charge in [0.25, 0.3) is 10.1 Å². The van der Waals surface area contributed by atoms with Crippen molar-refractivity contribution in [3.05, 3.63) is 35.4 Å². The Morgan fingerprint density at radius 2 is 1.65 bits per heavy atom. The Bertz CT molecular complexity index is 517. The third-order valence-corrected chi connectivity index (χ3v) is 7.14. The van der Waals surface area contributed by atoms with Crippen molar-refractivity contribution in [1.29, 1.82) is 0 Å². The number of hydrogen-bond donors (Lipinski definition) is 0. The van der Waals surface area contributed by atoms with Crippen LogP contribution in [0.4, 0.5) is 0 Å². The summed E-state index contributed by atoms with van der Waals surface area (Å²) in [7, 11) is -5.03. The maximum Gasteiger partial charge on any atom is 0.276 e. The monoisotopic (exact) mass is 318 g/mol. The Morgan fingerprint density at radius 1 is 1.10 bits per heavy atom. The fraction of sp³-hybridized carbons (Fsp3) is 0.600. The first-order valence-electron chi connectivity index (χ1n) is 6.89. The fourth-order valence-corrected chi connectivity index (χ4v) is 6.19. The quantitative estimate of drug-likeness (QED) is 0.762. The summed E-state index contributed by atoms with van der Waals surface area (Å²) in [5.41, 5.74) is 2.42. The number of hydrogen-bond acceptors (Lipinski definition) is 3. The van der Waals surface area contributed by atoms with Crippen LogP contribution in [0.2, 0.25) is 0 Å². The van der Waals surface area contributed by atoms with Gasteiger partial charge in [0.2, 0.25) is 0 Å². The van der Waals surface area contributed by atoms with Crippen LogP contribution in [0.25, 0.3) is 0 Å². The molecule has 0 atom stereocenters. The predicted octanol–water partition coefficient (Wildman–Crippen LogP) is 4.05. The molecule has 5 heteroatoms. The molecule has 0 unspecified atom stereocenters. The van der Waals surface area contributed by atoms with Gasteiger partial charge in [0.1, 0.15) is 0 Å².